The normalized spacial score (nSPS) is 10.4. The summed E-state index contributed by atoms with van der Waals surface area (Å²) in [5.41, 5.74) is 0.399. The van der Waals surface area contributed by atoms with Crippen LogP contribution in [0.25, 0.3) is 0 Å². The molecule has 0 spiro atoms. The second-order valence-corrected chi connectivity index (χ2v) is 4.65. The number of anilines is 1. The van der Waals surface area contributed by atoms with E-state index in [-0.39, 0.29) is 17.7 Å². The van der Waals surface area contributed by atoms with Crippen molar-refractivity contribution < 1.29 is 9.90 Å². The lowest BCUT2D eigenvalue weighted by Crippen LogP contribution is -2.38. The Balaban J connectivity index is 2.25. The first-order chi connectivity index (χ1) is 9.90. The quantitative estimate of drug-likeness (QED) is 0.849. The lowest BCUT2D eigenvalue weighted by molar-refractivity contribution is 0.0697. The van der Waals surface area contributed by atoms with Crippen LogP contribution >= 0.6 is 0 Å². The minimum Gasteiger partial charge on any atom is -0.478 e. The predicted octanol–water partition coefficient (Wildman–Crippen LogP) is 0.394. The van der Waals surface area contributed by atoms with Crippen molar-refractivity contribution in [1.82, 2.24) is 9.13 Å². The van der Waals surface area contributed by atoms with Crippen LogP contribution in [-0.2, 0) is 20.6 Å². The summed E-state index contributed by atoms with van der Waals surface area (Å²) >= 11 is 0. The summed E-state index contributed by atoms with van der Waals surface area (Å²) in [6.45, 7) is 0.198. The summed E-state index contributed by atoms with van der Waals surface area (Å²) in [4.78, 5) is 34.4. The van der Waals surface area contributed by atoms with Crippen LogP contribution in [0.15, 0.2) is 40.1 Å². The maximum absolute atomic E-state index is 12.0. The van der Waals surface area contributed by atoms with E-state index in [1.54, 1.807) is 19.2 Å². The molecular weight excluding hydrogens is 274 g/mol. The number of nitrogens with zero attached hydrogens (tertiary/aromatic N) is 2. The molecule has 110 valence electrons. The fourth-order valence-electron chi connectivity index (χ4n) is 1.96. The van der Waals surface area contributed by atoms with Gasteiger partial charge in [-0.25, -0.2) is 9.59 Å². The van der Waals surface area contributed by atoms with Gasteiger partial charge in [0.05, 0.1) is 11.1 Å². The van der Waals surface area contributed by atoms with Crippen LogP contribution < -0.4 is 16.6 Å². The highest BCUT2D eigenvalue weighted by molar-refractivity contribution is 5.88. The van der Waals surface area contributed by atoms with E-state index in [0.29, 0.717) is 11.3 Å². The van der Waals surface area contributed by atoms with Crippen LogP contribution in [0.3, 0.4) is 0 Å². The van der Waals surface area contributed by atoms with E-state index < -0.39 is 11.7 Å². The third-order valence-corrected chi connectivity index (χ3v) is 3.11. The maximum Gasteiger partial charge on any atom is 0.335 e. The number of hydrogen-bond acceptors (Lipinski definition) is 4. The number of aromatic nitrogens is 2. The standard InChI is InChI=1S/C14H15N3O4/c1-16-8-10(12(18)17(2)14(16)21)7-15-11-5-3-4-9(6-11)13(19)20/h3-6,8,15H,7H2,1-2H3,(H,19,20). The monoisotopic (exact) mass is 289 g/mol. The molecule has 0 fully saturated rings. The van der Waals surface area contributed by atoms with Gasteiger partial charge in [0.15, 0.2) is 0 Å². The Morgan fingerprint density at radius 1 is 1.29 bits per heavy atom. The molecule has 0 saturated heterocycles. The van der Waals surface area contributed by atoms with Crippen LogP contribution in [0.2, 0.25) is 0 Å². The molecule has 0 unspecified atom stereocenters. The second kappa shape index (κ2) is 5.66. The predicted molar refractivity (Wildman–Crippen MR) is 77.7 cm³/mol. The zero-order valence-corrected chi connectivity index (χ0v) is 11.7. The Labute approximate surface area is 120 Å². The van der Waals surface area contributed by atoms with E-state index in [9.17, 15) is 14.4 Å². The summed E-state index contributed by atoms with van der Waals surface area (Å²) in [6, 6.07) is 6.29. The smallest absolute Gasteiger partial charge is 0.335 e. The summed E-state index contributed by atoms with van der Waals surface area (Å²) in [5, 5.41) is 11.9. The van der Waals surface area contributed by atoms with Crippen LogP contribution in [0.5, 0.6) is 0 Å². The number of carbonyl (C=O) groups is 1. The van der Waals surface area contributed by atoms with Crippen molar-refractivity contribution >= 4 is 11.7 Å². The summed E-state index contributed by atoms with van der Waals surface area (Å²) in [7, 11) is 2.98. The molecule has 1 aromatic heterocycles. The average molecular weight is 289 g/mol. The van der Waals surface area contributed by atoms with Crippen molar-refractivity contribution in [2.45, 2.75) is 6.54 Å². The molecule has 0 bridgehead atoms. The second-order valence-electron chi connectivity index (χ2n) is 4.65. The summed E-state index contributed by atoms with van der Waals surface area (Å²) in [6.07, 6.45) is 1.47. The van der Waals surface area contributed by atoms with Gasteiger partial charge in [0.25, 0.3) is 5.56 Å². The lowest BCUT2D eigenvalue weighted by Gasteiger charge is -2.09. The highest BCUT2D eigenvalue weighted by atomic mass is 16.4. The minimum atomic E-state index is -1.02. The molecule has 0 aliphatic heterocycles. The Kier molecular flexibility index (Phi) is 3.93. The molecule has 0 atom stereocenters. The van der Waals surface area contributed by atoms with Crippen LogP contribution in [0, 0.1) is 0 Å². The van der Waals surface area contributed by atoms with Crippen molar-refractivity contribution in [2.24, 2.45) is 14.1 Å². The van der Waals surface area contributed by atoms with Gasteiger partial charge in [-0.05, 0) is 18.2 Å². The van der Waals surface area contributed by atoms with E-state index in [1.165, 1.54) is 29.9 Å². The zero-order chi connectivity index (χ0) is 15.6. The summed E-state index contributed by atoms with van der Waals surface area (Å²) in [5.74, 6) is -1.02. The topological polar surface area (TPSA) is 93.3 Å². The van der Waals surface area contributed by atoms with Gasteiger partial charge >= 0.3 is 11.7 Å². The van der Waals surface area contributed by atoms with Gasteiger partial charge in [0.2, 0.25) is 0 Å². The van der Waals surface area contributed by atoms with Crippen LogP contribution in [-0.4, -0.2) is 20.2 Å². The number of carboxylic acid groups (broad SMARTS) is 1. The Morgan fingerprint density at radius 3 is 2.67 bits per heavy atom. The number of nitrogens with one attached hydrogen (secondary N) is 1. The van der Waals surface area contributed by atoms with E-state index in [2.05, 4.69) is 5.32 Å². The van der Waals surface area contributed by atoms with Crippen molar-refractivity contribution in [1.29, 1.82) is 0 Å². The molecule has 2 rings (SSSR count). The fraction of sp³-hybridized carbons (Fsp3) is 0.214. The molecule has 0 aliphatic rings. The molecule has 2 aromatic rings. The van der Waals surface area contributed by atoms with E-state index in [0.717, 1.165) is 4.57 Å². The molecule has 21 heavy (non-hydrogen) atoms. The van der Waals surface area contributed by atoms with Crippen molar-refractivity contribution in [3.05, 3.63) is 62.4 Å². The minimum absolute atomic E-state index is 0.161. The number of aromatic carboxylic acids is 1. The van der Waals surface area contributed by atoms with Crippen molar-refractivity contribution in [3.8, 4) is 0 Å². The van der Waals surface area contributed by atoms with Gasteiger partial charge in [-0.3, -0.25) is 9.36 Å². The third-order valence-electron chi connectivity index (χ3n) is 3.11. The number of aryl methyl sites for hydroxylation is 1. The van der Waals surface area contributed by atoms with Crippen LogP contribution in [0.1, 0.15) is 15.9 Å². The maximum atomic E-state index is 12.0. The molecule has 7 heteroatoms. The first-order valence-electron chi connectivity index (χ1n) is 6.23. The Hall–Kier alpha value is -2.83. The third kappa shape index (κ3) is 3.02. The fourth-order valence-corrected chi connectivity index (χ4v) is 1.96. The number of carboxylic acids is 1. The molecule has 1 aromatic carbocycles. The van der Waals surface area contributed by atoms with Gasteiger partial charge in [0, 0.05) is 32.5 Å². The Morgan fingerprint density at radius 2 is 2.00 bits per heavy atom. The SMILES string of the molecule is Cn1cc(CNc2cccc(C(=O)O)c2)c(=O)n(C)c1=O. The highest BCUT2D eigenvalue weighted by Crippen LogP contribution is 2.11. The average Bonchev–Trinajstić information content (AvgIpc) is 2.47. The van der Waals surface area contributed by atoms with E-state index in [1.807, 2.05) is 0 Å². The van der Waals surface area contributed by atoms with Gasteiger partial charge in [-0.15, -0.1) is 0 Å². The molecule has 0 amide bonds. The molecule has 0 radical (unpaired) electrons. The first-order valence-corrected chi connectivity index (χ1v) is 6.23. The molecule has 2 N–H and O–H groups in total. The zero-order valence-electron chi connectivity index (χ0n) is 11.7. The van der Waals surface area contributed by atoms with Gasteiger partial charge in [-0.2, -0.15) is 0 Å². The molecule has 7 nitrogen and oxygen atoms in total. The van der Waals surface area contributed by atoms with E-state index >= 15 is 0 Å². The van der Waals surface area contributed by atoms with Gasteiger partial charge in [-0.1, -0.05) is 6.07 Å². The first kappa shape index (κ1) is 14.6. The number of benzene rings is 1. The van der Waals surface area contributed by atoms with Crippen LogP contribution in [0.4, 0.5) is 5.69 Å². The molecule has 0 saturated carbocycles. The molecular formula is C14H15N3O4. The van der Waals surface area contributed by atoms with Crippen molar-refractivity contribution in [2.75, 3.05) is 5.32 Å². The largest absolute Gasteiger partial charge is 0.478 e. The summed E-state index contributed by atoms with van der Waals surface area (Å²) < 4.78 is 2.36. The Bertz CT molecular complexity index is 805. The van der Waals surface area contributed by atoms with Crippen molar-refractivity contribution in [3.63, 3.8) is 0 Å². The number of hydrogen-bond donors (Lipinski definition) is 2. The van der Waals surface area contributed by atoms with Gasteiger partial charge in [0.1, 0.15) is 0 Å². The molecule has 1 heterocycles. The lowest BCUT2D eigenvalue weighted by atomic mass is 10.2. The number of rotatable bonds is 4. The van der Waals surface area contributed by atoms with E-state index in [4.69, 9.17) is 5.11 Å². The molecule has 0 aliphatic carbocycles. The highest BCUT2D eigenvalue weighted by Gasteiger charge is 2.07. The van der Waals surface area contributed by atoms with Gasteiger partial charge < -0.3 is 15.0 Å².